The molecule has 4 N–H and O–H groups in total. The first kappa shape index (κ1) is 21.6. The van der Waals surface area contributed by atoms with Gasteiger partial charge in [0.05, 0.1) is 6.54 Å². The van der Waals surface area contributed by atoms with Gasteiger partial charge in [0.1, 0.15) is 0 Å². The monoisotopic (exact) mass is 416 g/mol. The highest BCUT2D eigenvalue weighted by Gasteiger charge is 2.08. The Kier molecular flexibility index (Phi) is 7.37. The molecule has 0 aromatic heterocycles. The third-order valence-electron chi connectivity index (χ3n) is 4.34. The van der Waals surface area contributed by atoms with E-state index in [0.717, 1.165) is 5.56 Å². The molecule has 3 aromatic rings. The predicted octanol–water partition coefficient (Wildman–Crippen LogP) is 3.63. The maximum absolute atomic E-state index is 12.4. The first-order valence-electron chi connectivity index (χ1n) is 9.83. The van der Waals surface area contributed by atoms with Crippen LogP contribution in [0.25, 0.3) is 0 Å². The van der Waals surface area contributed by atoms with E-state index in [0.29, 0.717) is 29.2 Å². The largest absolute Gasteiger partial charge is 0.376 e. The van der Waals surface area contributed by atoms with E-state index >= 15 is 0 Å². The van der Waals surface area contributed by atoms with E-state index < -0.39 is 0 Å². The Morgan fingerprint density at radius 3 is 2.16 bits per heavy atom. The standard InChI is InChI=1S/C24H24N4O3/c1-17(29)27-21-11-6-12-22(14-21)28-23(30)16-25-20-10-5-9-19(13-20)24(31)26-15-18-7-3-2-4-8-18/h2-14,25H,15-16H2,1H3,(H,26,31)(H,27,29)(H,28,30). The zero-order valence-corrected chi connectivity index (χ0v) is 17.1. The van der Waals surface area contributed by atoms with Gasteiger partial charge in [-0.25, -0.2) is 0 Å². The van der Waals surface area contributed by atoms with Crippen LogP contribution in [0.2, 0.25) is 0 Å². The van der Waals surface area contributed by atoms with Gasteiger partial charge in [-0.2, -0.15) is 0 Å². The summed E-state index contributed by atoms with van der Waals surface area (Å²) in [6.45, 7) is 1.89. The summed E-state index contributed by atoms with van der Waals surface area (Å²) in [5.41, 5.74) is 3.36. The Morgan fingerprint density at radius 2 is 1.42 bits per heavy atom. The van der Waals surface area contributed by atoms with Crippen LogP contribution in [0, 0.1) is 0 Å². The molecule has 0 atom stereocenters. The molecule has 158 valence electrons. The Hall–Kier alpha value is -4.13. The molecular weight excluding hydrogens is 392 g/mol. The third kappa shape index (κ3) is 7.01. The molecule has 7 heteroatoms. The molecule has 0 radical (unpaired) electrons. The van der Waals surface area contributed by atoms with Crippen LogP contribution in [0.3, 0.4) is 0 Å². The minimum atomic E-state index is -0.251. The molecule has 0 bridgehead atoms. The van der Waals surface area contributed by atoms with Gasteiger partial charge in [-0.05, 0) is 42.0 Å². The van der Waals surface area contributed by atoms with Crippen molar-refractivity contribution in [2.75, 3.05) is 22.5 Å². The normalized spacial score (nSPS) is 10.1. The molecule has 7 nitrogen and oxygen atoms in total. The maximum atomic E-state index is 12.4. The van der Waals surface area contributed by atoms with E-state index in [1.54, 1.807) is 48.5 Å². The number of hydrogen-bond donors (Lipinski definition) is 4. The van der Waals surface area contributed by atoms with Crippen molar-refractivity contribution in [2.24, 2.45) is 0 Å². The number of hydrogen-bond acceptors (Lipinski definition) is 4. The Bertz CT molecular complexity index is 1070. The summed E-state index contributed by atoms with van der Waals surface area (Å²) in [6.07, 6.45) is 0. The van der Waals surface area contributed by atoms with Crippen LogP contribution in [-0.4, -0.2) is 24.3 Å². The number of amides is 3. The van der Waals surface area contributed by atoms with Gasteiger partial charge >= 0.3 is 0 Å². The molecule has 0 aliphatic rings. The van der Waals surface area contributed by atoms with Crippen LogP contribution in [0.15, 0.2) is 78.9 Å². The maximum Gasteiger partial charge on any atom is 0.251 e. The van der Waals surface area contributed by atoms with Crippen molar-refractivity contribution in [3.63, 3.8) is 0 Å². The zero-order chi connectivity index (χ0) is 22.1. The molecule has 0 aliphatic heterocycles. The van der Waals surface area contributed by atoms with E-state index in [1.807, 2.05) is 30.3 Å². The van der Waals surface area contributed by atoms with Crippen molar-refractivity contribution in [1.29, 1.82) is 0 Å². The summed E-state index contributed by atoms with van der Waals surface area (Å²) < 4.78 is 0. The van der Waals surface area contributed by atoms with E-state index in [9.17, 15) is 14.4 Å². The van der Waals surface area contributed by atoms with Crippen molar-refractivity contribution in [2.45, 2.75) is 13.5 Å². The summed E-state index contributed by atoms with van der Waals surface area (Å²) in [5.74, 6) is -0.622. The number of rotatable bonds is 8. The number of carbonyl (C=O) groups excluding carboxylic acids is 3. The van der Waals surface area contributed by atoms with Gasteiger partial charge in [0.2, 0.25) is 11.8 Å². The van der Waals surface area contributed by atoms with Crippen LogP contribution in [0.1, 0.15) is 22.8 Å². The number of benzene rings is 3. The summed E-state index contributed by atoms with van der Waals surface area (Å²) in [7, 11) is 0. The summed E-state index contributed by atoms with van der Waals surface area (Å²) in [5, 5.41) is 11.3. The van der Waals surface area contributed by atoms with Crippen LogP contribution >= 0.6 is 0 Å². The molecule has 0 saturated heterocycles. The Morgan fingerprint density at radius 1 is 0.742 bits per heavy atom. The second kappa shape index (κ2) is 10.6. The molecule has 0 spiro atoms. The van der Waals surface area contributed by atoms with E-state index in [-0.39, 0.29) is 24.3 Å². The molecule has 0 saturated carbocycles. The van der Waals surface area contributed by atoms with E-state index in [4.69, 9.17) is 0 Å². The molecule has 3 amide bonds. The van der Waals surface area contributed by atoms with Crippen molar-refractivity contribution in [3.05, 3.63) is 90.0 Å². The average molecular weight is 416 g/mol. The molecule has 0 fully saturated rings. The average Bonchev–Trinajstić information content (AvgIpc) is 2.77. The van der Waals surface area contributed by atoms with Gasteiger partial charge < -0.3 is 21.3 Å². The molecule has 0 unspecified atom stereocenters. The van der Waals surface area contributed by atoms with E-state index in [2.05, 4.69) is 21.3 Å². The zero-order valence-electron chi connectivity index (χ0n) is 17.1. The van der Waals surface area contributed by atoms with Gasteiger partial charge in [0.15, 0.2) is 0 Å². The molecule has 3 rings (SSSR count). The summed E-state index contributed by atoms with van der Waals surface area (Å²) in [6, 6.07) is 23.5. The van der Waals surface area contributed by atoms with Crippen molar-refractivity contribution in [1.82, 2.24) is 5.32 Å². The van der Waals surface area contributed by atoms with Gasteiger partial charge in [-0.1, -0.05) is 42.5 Å². The van der Waals surface area contributed by atoms with Gasteiger partial charge in [0, 0.05) is 36.1 Å². The SMILES string of the molecule is CC(=O)Nc1cccc(NC(=O)CNc2cccc(C(=O)NCc3ccccc3)c2)c1. The molecular formula is C24H24N4O3. The Labute approximate surface area is 180 Å². The quantitative estimate of drug-likeness (QED) is 0.451. The molecule has 0 heterocycles. The first-order chi connectivity index (χ1) is 15.0. The minimum Gasteiger partial charge on any atom is -0.376 e. The second-order valence-electron chi connectivity index (χ2n) is 6.91. The second-order valence-corrected chi connectivity index (χ2v) is 6.91. The fraction of sp³-hybridized carbons (Fsp3) is 0.125. The predicted molar refractivity (Wildman–Crippen MR) is 122 cm³/mol. The number of nitrogens with one attached hydrogen (secondary N) is 4. The molecule has 0 aliphatic carbocycles. The summed E-state index contributed by atoms with van der Waals surface area (Å²) in [4.78, 5) is 35.8. The van der Waals surface area contributed by atoms with Crippen molar-refractivity contribution in [3.8, 4) is 0 Å². The first-order valence-corrected chi connectivity index (χ1v) is 9.83. The van der Waals surface area contributed by atoms with Crippen LogP contribution < -0.4 is 21.3 Å². The lowest BCUT2D eigenvalue weighted by Crippen LogP contribution is -2.24. The Balaban J connectivity index is 1.52. The lowest BCUT2D eigenvalue weighted by atomic mass is 10.1. The number of carbonyl (C=O) groups is 3. The van der Waals surface area contributed by atoms with Gasteiger partial charge in [-0.15, -0.1) is 0 Å². The highest BCUT2D eigenvalue weighted by atomic mass is 16.2. The highest BCUT2D eigenvalue weighted by Crippen LogP contribution is 2.15. The van der Waals surface area contributed by atoms with Crippen LogP contribution in [0.5, 0.6) is 0 Å². The summed E-state index contributed by atoms with van der Waals surface area (Å²) >= 11 is 0. The topological polar surface area (TPSA) is 99.3 Å². The fourth-order valence-corrected chi connectivity index (χ4v) is 2.92. The lowest BCUT2D eigenvalue weighted by Gasteiger charge is -2.11. The van der Waals surface area contributed by atoms with E-state index in [1.165, 1.54) is 6.92 Å². The molecule has 31 heavy (non-hydrogen) atoms. The fourth-order valence-electron chi connectivity index (χ4n) is 2.92. The lowest BCUT2D eigenvalue weighted by molar-refractivity contribution is -0.115. The smallest absolute Gasteiger partial charge is 0.251 e. The van der Waals surface area contributed by atoms with Gasteiger partial charge in [-0.3, -0.25) is 14.4 Å². The van der Waals surface area contributed by atoms with Crippen molar-refractivity contribution >= 4 is 34.8 Å². The van der Waals surface area contributed by atoms with Gasteiger partial charge in [0.25, 0.3) is 5.91 Å². The third-order valence-corrected chi connectivity index (χ3v) is 4.34. The van der Waals surface area contributed by atoms with Crippen molar-refractivity contribution < 1.29 is 14.4 Å². The van der Waals surface area contributed by atoms with Crippen LogP contribution in [0.4, 0.5) is 17.1 Å². The number of anilines is 3. The molecule has 3 aromatic carbocycles. The van der Waals surface area contributed by atoms with Crippen LogP contribution in [-0.2, 0) is 16.1 Å². The minimum absolute atomic E-state index is 0.0272. The highest BCUT2D eigenvalue weighted by molar-refractivity contribution is 5.97.